The number of benzene rings is 1. The first kappa shape index (κ1) is 14.7. The summed E-state index contributed by atoms with van der Waals surface area (Å²) < 4.78 is 4.92. The Kier molecular flexibility index (Phi) is 4.48. The number of hydrogen-bond donors (Lipinski definition) is 1. The topological polar surface area (TPSA) is 67.3 Å². The maximum Gasteiger partial charge on any atom is 0.226 e. The molecule has 0 saturated carbocycles. The van der Waals surface area contributed by atoms with Crippen molar-refractivity contribution in [3.8, 4) is 0 Å². The molecule has 1 N–H and O–H groups in total. The molecule has 1 saturated heterocycles. The van der Waals surface area contributed by atoms with Gasteiger partial charge in [0.1, 0.15) is 12.1 Å². The number of carbonyl (C=O) groups excluding carboxylic acids is 1. The van der Waals surface area contributed by atoms with Crippen molar-refractivity contribution in [2.45, 2.75) is 19.3 Å². The minimum absolute atomic E-state index is 0.0548. The lowest BCUT2D eigenvalue weighted by Gasteiger charge is -2.18. The normalized spacial score (nSPS) is 14.5. The lowest BCUT2D eigenvalue weighted by molar-refractivity contribution is -0.117. The molecule has 0 bridgehead atoms. The number of aromatic nitrogens is 2. The fourth-order valence-corrected chi connectivity index (χ4v) is 2.72. The van der Waals surface area contributed by atoms with Crippen molar-refractivity contribution in [3.63, 3.8) is 0 Å². The highest BCUT2D eigenvalue weighted by molar-refractivity contribution is 5.96. The monoisotopic (exact) mass is 300 g/mol. The molecule has 0 aliphatic carbocycles. The van der Waals surface area contributed by atoms with Crippen LogP contribution < -0.4 is 10.2 Å². The Morgan fingerprint density at radius 3 is 2.91 bits per heavy atom. The molecule has 1 amide bonds. The van der Waals surface area contributed by atoms with Crippen LogP contribution in [0.4, 0.5) is 11.5 Å². The van der Waals surface area contributed by atoms with Crippen LogP contribution in [0, 0.1) is 0 Å². The molecule has 1 aromatic carbocycles. The van der Waals surface area contributed by atoms with E-state index in [1.807, 2.05) is 18.2 Å². The molecule has 2 aromatic rings. The molecular weight excluding hydrogens is 280 g/mol. The molecule has 0 radical (unpaired) electrons. The van der Waals surface area contributed by atoms with Crippen LogP contribution in [0.1, 0.15) is 19.3 Å². The number of nitrogens with zero attached hydrogens (tertiary/aromatic N) is 3. The second-order valence-corrected chi connectivity index (χ2v) is 5.41. The SMILES string of the molecule is COCCC(=O)Nc1ccc2ncnc(N3CCCC3)c2c1. The van der Waals surface area contributed by atoms with E-state index >= 15 is 0 Å². The summed E-state index contributed by atoms with van der Waals surface area (Å²) in [5.74, 6) is 0.899. The molecule has 1 aliphatic rings. The molecule has 3 rings (SSSR count). The summed E-state index contributed by atoms with van der Waals surface area (Å²) in [5, 5.41) is 3.87. The first-order valence-corrected chi connectivity index (χ1v) is 7.56. The highest BCUT2D eigenvalue weighted by atomic mass is 16.5. The van der Waals surface area contributed by atoms with Crippen molar-refractivity contribution < 1.29 is 9.53 Å². The third-order valence-corrected chi connectivity index (χ3v) is 3.84. The van der Waals surface area contributed by atoms with Gasteiger partial charge in [0.15, 0.2) is 0 Å². The van der Waals surface area contributed by atoms with Gasteiger partial charge in [-0.1, -0.05) is 0 Å². The van der Waals surface area contributed by atoms with Gasteiger partial charge < -0.3 is 15.0 Å². The molecule has 1 aliphatic heterocycles. The molecule has 6 heteroatoms. The average Bonchev–Trinajstić information content (AvgIpc) is 3.06. The first-order valence-electron chi connectivity index (χ1n) is 7.56. The van der Waals surface area contributed by atoms with Crippen LogP contribution in [0.5, 0.6) is 0 Å². The fourth-order valence-electron chi connectivity index (χ4n) is 2.72. The number of hydrogen-bond acceptors (Lipinski definition) is 5. The molecule has 0 atom stereocenters. The predicted molar refractivity (Wildman–Crippen MR) is 86.1 cm³/mol. The number of carbonyl (C=O) groups is 1. The van der Waals surface area contributed by atoms with Gasteiger partial charge in [0.25, 0.3) is 0 Å². The maximum atomic E-state index is 11.8. The van der Waals surface area contributed by atoms with Gasteiger partial charge >= 0.3 is 0 Å². The summed E-state index contributed by atoms with van der Waals surface area (Å²) >= 11 is 0. The van der Waals surface area contributed by atoms with Gasteiger partial charge in [-0.2, -0.15) is 0 Å². The summed E-state index contributed by atoms with van der Waals surface area (Å²) in [5.41, 5.74) is 1.66. The Labute approximate surface area is 129 Å². The molecule has 2 heterocycles. The molecular formula is C16H20N4O2. The summed E-state index contributed by atoms with van der Waals surface area (Å²) in [6.07, 6.45) is 4.34. The van der Waals surface area contributed by atoms with Crippen LogP contribution in [-0.2, 0) is 9.53 Å². The van der Waals surface area contributed by atoms with E-state index in [-0.39, 0.29) is 5.91 Å². The summed E-state index contributed by atoms with van der Waals surface area (Å²) in [7, 11) is 1.59. The average molecular weight is 300 g/mol. The molecule has 1 fully saturated rings. The lowest BCUT2D eigenvalue weighted by atomic mass is 10.2. The maximum absolute atomic E-state index is 11.8. The van der Waals surface area contributed by atoms with Gasteiger partial charge in [0.05, 0.1) is 18.5 Å². The minimum Gasteiger partial charge on any atom is -0.384 e. The lowest BCUT2D eigenvalue weighted by Crippen LogP contribution is -2.19. The van der Waals surface area contributed by atoms with Gasteiger partial charge in [0.2, 0.25) is 5.91 Å². The van der Waals surface area contributed by atoms with Crippen molar-refractivity contribution in [2.75, 3.05) is 37.0 Å². The van der Waals surface area contributed by atoms with Gasteiger partial charge in [-0.15, -0.1) is 0 Å². The Balaban J connectivity index is 1.87. The van der Waals surface area contributed by atoms with Crippen LogP contribution >= 0.6 is 0 Å². The van der Waals surface area contributed by atoms with Crippen molar-refractivity contribution in [1.29, 1.82) is 0 Å². The molecule has 6 nitrogen and oxygen atoms in total. The van der Waals surface area contributed by atoms with Gasteiger partial charge in [-0.3, -0.25) is 4.79 Å². The van der Waals surface area contributed by atoms with Crippen LogP contribution in [-0.4, -0.2) is 42.7 Å². The first-order chi connectivity index (χ1) is 10.8. The van der Waals surface area contributed by atoms with Crippen LogP contribution in [0.3, 0.4) is 0 Å². The largest absolute Gasteiger partial charge is 0.384 e. The zero-order valence-electron chi connectivity index (χ0n) is 12.7. The smallest absolute Gasteiger partial charge is 0.226 e. The Bertz CT molecular complexity index is 668. The van der Waals surface area contributed by atoms with E-state index in [1.165, 1.54) is 12.8 Å². The second-order valence-electron chi connectivity index (χ2n) is 5.41. The molecule has 0 spiro atoms. The van der Waals surface area contributed by atoms with Gasteiger partial charge in [-0.25, -0.2) is 9.97 Å². The zero-order chi connectivity index (χ0) is 15.4. The quantitative estimate of drug-likeness (QED) is 0.917. The number of anilines is 2. The number of rotatable bonds is 5. The van der Waals surface area contributed by atoms with Gasteiger partial charge in [-0.05, 0) is 31.0 Å². The minimum atomic E-state index is -0.0548. The Morgan fingerprint density at radius 2 is 2.14 bits per heavy atom. The zero-order valence-corrected chi connectivity index (χ0v) is 12.7. The number of methoxy groups -OCH3 is 1. The molecule has 22 heavy (non-hydrogen) atoms. The Hall–Kier alpha value is -2.21. The number of amides is 1. The van der Waals surface area contributed by atoms with E-state index in [0.29, 0.717) is 13.0 Å². The van der Waals surface area contributed by atoms with Crippen molar-refractivity contribution in [1.82, 2.24) is 9.97 Å². The summed E-state index contributed by atoms with van der Waals surface area (Å²) in [6, 6.07) is 5.74. The van der Waals surface area contributed by atoms with Gasteiger partial charge in [0, 0.05) is 31.3 Å². The summed E-state index contributed by atoms with van der Waals surface area (Å²) in [6.45, 7) is 2.47. The third kappa shape index (κ3) is 3.17. The third-order valence-electron chi connectivity index (χ3n) is 3.84. The van der Waals surface area contributed by atoms with E-state index in [1.54, 1.807) is 13.4 Å². The van der Waals surface area contributed by atoms with Crippen molar-refractivity contribution in [3.05, 3.63) is 24.5 Å². The standard InChI is InChI=1S/C16H20N4O2/c1-22-9-6-15(21)19-12-4-5-14-13(10-12)16(18-11-17-14)20-7-2-3-8-20/h4-5,10-11H,2-3,6-9H2,1H3,(H,19,21). The van der Waals surface area contributed by atoms with Crippen LogP contribution in [0.2, 0.25) is 0 Å². The predicted octanol–water partition coefficient (Wildman–Crippen LogP) is 2.21. The number of ether oxygens (including phenoxy) is 1. The van der Waals surface area contributed by atoms with Crippen molar-refractivity contribution in [2.24, 2.45) is 0 Å². The van der Waals surface area contributed by atoms with Crippen LogP contribution in [0.15, 0.2) is 24.5 Å². The number of nitrogens with one attached hydrogen (secondary N) is 1. The summed E-state index contributed by atoms with van der Waals surface area (Å²) in [4.78, 5) is 22.8. The highest BCUT2D eigenvalue weighted by Gasteiger charge is 2.17. The van der Waals surface area contributed by atoms with E-state index in [4.69, 9.17) is 4.74 Å². The molecule has 1 aromatic heterocycles. The van der Waals surface area contributed by atoms with E-state index in [2.05, 4.69) is 20.2 Å². The highest BCUT2D eigenvalue weighted by Crippen LogP contribution is 2.28. The Morgan fingerprint density at radius 1 is 1.32 bits per heavy atom. The fraction of sp³-hybridized carbons (Fsp3) is 0.438. The van der Waals surface area contributed by atoms with E-state index in [9.17, 15) is 4.79 Å². The number of fused-ring (bicyclic) bond motifs is 1. The van der Waals surface area contributed by atoms with E-state index < -0.39 is 0 Å². The molecule has 116 valence electrons. The van der Waals surface area contributed by atoms with E-state index in [0.717, 1.165) is 35.5 Å². The van der Waals surface area contributed by atoms with Crippen molar-refractivity contribution >= 4 is 28.3 Å². The molecule has 0 unspecified atom stereocenters. The van der Waals surface area contributed by atoms with Crippen LogP contribution in [0.25, 0.3) is 10.9 Å². The second kappa shape index (κ2) is 6.70.